The number of nitrogens with zero attached hydrogens (tertiary/aromatic N) is 2. The van der Waals surface area contributed by atoms with E-state index in [-0.39, 0.29) is 0 Å². The second-order valence-electron chi connectivity index (χ2n) is 4.07. The Hall–Kier alpha value is -1.96. The molecule has 3 aromatic rings. The Morgan fingerprint density at radius 1 is 0.750 bits per heavy atom. The zero-order chi connectivity index (χ0) is 11.1. The van der Waals surface area contributed by atoms with Gasteiger partial charge in [-0.1, -0.05) is 24.3 Å². The lowest BCUT2D eigenvalue weighted by molar-refractivity contribution is 1.18. The van der Waals surface area contributed by atoms with Crippen molar-refractivity contribution in [3.63, 3.8) is 0 Å². The van der Waals surface area contributed by atoms with E-state index in [4.69, 9.17) is 0 Å². The molecule has 2 heterocycles. The second-order valence-corrected chi connectivity index (χ2v) is 4.07. The third-order valence-electron chi connectivity index (χ3n) is 2.89. The van der Waals surface area contributed by atoms with E-state index in [1.165, 1.54) is 10.8 Å². The molecule has 78 valence electrons. The molecule has 2 nitrogen and oxygen atoms in total. The van der Waals surface area contributed by atoms with E-state index < -0.39 is 0 Å². The van der Waals surface area contributed by atoms with Crippen molar-refractivity contribution in [2.75, 3.05) is 0 Å². The molecule has 0 unspecified atom stereocenters. The summed E-state index contributed by atoms with van der Waals surface area (Å²) in [6.07, 6.45) is 0. The van der Waals surface area contributed by atoms with Gasteiger partial charge in [0.15, 0.2) is 5.65 Å². The molecule has 0 amide bonds. The number of fused-ring (bicyclic) bond motifs is 3. The maximum absolute atomic E-state index is 4.55. The fourth-order valence-electron chi connectivity index (χ4n) is 2.09. The van der Waals surface area contributed by atoms with Crippen LogP contribution in [0.3, 0.4) is 0 Å². The summed E-state index contributed by atoms with van der Waals surface area (Å²) in [7, 11) is 0. The van der Waals surface area contributed by atoms with Crippen LogP contribution in [0.4, 0.5) is 0 Å². The molecular weight excluding hydrogens is 196 g/mol. The first-order valence-electron chi connectivity index (χ1n) is 5.38. The van der Waals surface area contributed by atoms with Gasteiger partial charge in [0, 0.05) is 22.2 Å². The van der Waals surface area contributed by atoms with E-state index in [9.17, 15) is 0 Å². The van der Waals surface area contributed by atoms with Crippen LogP contribution in [0.5, 0.6) is 0 Å². The molecular formula is C14H12N2. The maximum atomic E-state index is 4.55. The zero-order valence-electron chi connectivity index (χ0n) is 9.36. The van der Waals surface area contributed by atoms with Gasteiger partial charge in [-0.3, -0.25) is 0 Å². The molecule has 0 saturated heterocycles. The number of hydrogen-bond donors (Lipinski definition) is 0. The highest BCUT2D eigenvalue weighted by atomic mass is 14.9. The van der Waals surface area contributed by atoms with Crippen LogP contribution in [0, 0.1) is 13.8 Å². The van der Waals surface area contributed by atoms with E-state index >= 15 is 0 Å². The van der Waals surface area contributed by atoms with Gasteiger partial charge in [0.05, 0.1) is 0 Å². The fourth-order valence-corrected chi connectivity index (χ4v) is 2.09. The van der Waals surface area contributed by atoms with Crippen LogP contribution in [-0.2, 0) is 0 Å². The summed E-state index contributed by atoms with van der Waals surface area (Å²) in [4.78, 5) is 9.03. The molecule has 0 atom stereocenters. The quantitative estimate of drug-likeness (QED) is 0.529. The minimum atomic E-state index is 0.844. The largest absolute Gasteiger partial charge is 0.233 e. The summed E-state index contributed by atoms with van der Waals surface area (Å²) < 4.78 is 0. The average Bonchev–Trinajstić information content (AvgIpc) is 2.29. The monoisotopic (exact) mass is 208 g/mol. The number of pyridine rings is 2. The first-order valence-corrected chi connectivity index (χ1v) is 5.38. The molecule has 0 bridgehead atoms. The Bertz CT molecular complexity index is 687. The van der Waals surface area contributed by atoms with Gasteiger partial charge >= 0.3 is 0 Å². The van der Waals surface area contributed by atoms with Gasteiger partial charge < -0.3 is 0 Å². The SMILES string of the molecule is Cc1ccc2c(n1)nc(C)c1ccccc12. The minimum Gasteiger partial charge on any atom is -0.233 e. The van der Waals surface area contributed by atoms with Gasteiger partial charge in [-0.05, 0) is 31.4 Å². The summed E-state index contributed by atoms with van der Waals surface area (Å²) in [6.45, 7) is 4.03. The van der Waals surface area contributed by atoms with E-state index in [0.29, 0.717) is 0 Å². The molecule has 1 aromatic carbocycles. The van der Waals surface area contributed by atoms with Crippen molar-refractivity contribution in [3.05, 3.63) is 47.8 Å². The molecule has 0 spiro atoms. The van der Waals surface area contributed by atoms with Gasteiger partial charge in [-0.25, -0.2) is 9.97 Å². The Morgan fingerprint density at radius 2 is 1.50 bits per heavy atom. The van der Waals surface area contributed by atoms with Crippen LogP contribution in [0.25, 0.3) is 21.8 Å². The molecule has 0 N–H and O–H groups in total. The van der Waals surface area contributed by atoms with Crippen molar-refractivity contribution in [1.82, 2.24) is 9.97 Å². The van der Waals surface area contributed by atoms with Gasteiger partial charge in [-0.15, -0.1) is 0 Å². The van der Waals surface area contributed by atoms with Gasteiger partial charge in [0.2, 0.25) is 0 Å². The van der Waals surface area contributed by atoms with Crippen molar-refractivity contribution in [1.29, 1.82) is 0 Å². The first kappa shape index (κ1) is 9.28. The van der Waals surface area contributed by atoms with Crippen molar-refractivity contribution in [2.24, 2.45) is 0 Å². The highest BCUT2D eigenvalue weighted by Crippen LogP contribution is 2.24. The Morgan fingerprint density at radius 3 is 2.31 bits per heavy atom. The standard InChI is InChI=1S/C14H12N2/c1-9-7-8-13-12-6-4-3-5-11(12)10(2)16-14(13)15-9/h3-8H,1-2H3. The average molecular weight is 208 g/mol. The second kappa shape index (κ2) is 3.27. The highest BCUT2D eigenvalue weighted by Gasteiger charge is 2.05. The lowest BCUT2D eigenvalue weighted by atomic mass is 10.1. The van der Waals surface area contributed by atoms with Crippen LogP contribution in [0.2, 0.25) is 0 Å². The Labute approximate surface area is 94.0 Å². The van der Waals surface area contributed by atoms with Crippen molar-refractivity contribution in [2.45, 2.75) is 13.8 Å². The Kier molecular flexibility index (Phi) is 1.90. The fraction of sp³-hybridized carbons (Fsp3) is 0.143. The van der Waals surface area contributed by atoms with Gasteiger partial charge in [0.1, 0.15) is 0 Å². The molecule has 2 heteroatoms. The number of aromatic nitrogens is 2. The van der Waals surface area contributed by atoms with Crippen LogP contribution in [-0.4, -0.2) is 9.97 Å². The molecule has 0 aliphatic carbocycles. The van der Waals surface area contributed by atoms with Crippen LogP contribution < -0.4 is 0 Å². The third-order valence-corrected chi connectivity index (χ3v) is 2.89. The lowest BCUT2D eigenvalue weighted by Gasteiger charge is -2.06. The van der Waals surface area contributed by atoms with Crippen molar-refractivity contribution in [3.8, 4) is 0 Å². The maximum Gasteiger partial charge on any atom is 0.160 e. The molecule has 0 radical (unpaired) electrons. The van der Waals surface area contributed by atoms with E-state index in [1.807, 2.05) is 26.0 Å². The van der Waals surface area contributed by atoms with Crippen molar-refractivity contribution < 1.29 is 0 Å². The number of rotatable bonds is 0. The van der Waals surface area contributed by atoms with Gasteiger partial charge in [0.25, 0.3) is 0 Å². The normalized spacial score (nSPS) is 11.1. The molecule has 0 aliphatic rings. The predicted octanol–water partition coefficient (Wildman–Crippen LogP) is 3.40. The topological polar surface area (TPSA) is 25.8 Å². The summed E-state index contributed by atoms with van der Waals surface area (Å²) >= 11 is 0. The number of aryl methyl sites for hydroxylation is 2. The summed E-state index contributed by atoms with van der Waals surface area (Å²) in [5.74, 6) is 0. The molecule has 2 aromatic heterocycles. The number of benzene rings is 1. The molecule has 16 heavy (non-hydrogen) atoms. The first-order chi connectivity index (χ1) is 7.75. The smallest absolute Gasteiger partial charge is 0.160 e. The minimum absolute atomic E-state index is 0.844. The third kappa shape index (κ3) is 1.27. The van der Waals surface area contributed by atoms with Gasteiger partial charge in [-0.2, -0.15) is 0 Å². The summed E-state index contributed by atoms with van der Waals surface area (Å²) in [5.41, 5.74) is 2.90. The molecule has 0 saturated carbocycles. The molecule has 0 aliphatic heterocycles. The predicted molar refractivity (Wildman–Crippen MR) is 66.5 cm³/mol. The van der Waals surface area contributed by atoms with Crippen molar-refractivity contribution >= 4 is 21.8 Å². The summed E-state index contributed by atoms with van der Waals surface area (Å²) in [6, 6.07) is 12.5. The van der Waals surface area contributed by atoms with E-state index in [0.717, 1.165) is 22.4 Å². The zero-order valence-corrected chi connectivity index (χ0v) is 9.36. The van der Waals surface area contributed by atoms with Crippen LogP contribution in [0.15, 0.2) is 36.4 Å². The Balaban J connectivity index is 2.59. The van der Waals surface area contributed by atoms with E-state index in [1.54, 1.807) is 0 Å². The van der Waals surface area contributed by atoms with Crippen LogP contribution >= 0.6 is 0 Å². The highest BCUT2D eigenvalue weighted by molar-refractivity contribution is 6.05. The number of hydrogen-bond acceptors (Lipinski definition) is 2. The molecule has 3 rings (SSSR count). The van der Waals surface area contributed by atoms with Crippen LogP contribution in [0.1, 0.15) is 11.4 Å². The lowest BCUT2D eigenvalue weighted by Crippen LogP contribution is -1.91. The summed E-state index contributed by atoms with van der Waals surface area (Å²) in [5, 5.41) is 3.57. The molecule has 0 fully saturated rings. The van der Waals surface area contributed by atoms with E-state index in [2.05, 4.69) is 34.2 Å².